The van der Waals surface area contributed by atoms with Crippen LogP contribution in [-0.4, -0.2) is 29.2 Å². The summed E-state index contributed by atoms with van der Waals surface area (Å²) in [6.45, 7) is 0.385. The van der Waals surface area contributed by atoms with Crippen LogP contribution in [0.3, 0.4) is 0 Å². The second kappa shape index (κ2) is 5.10. The molecule has 0 unspecified atom stereocenters. The van der Waals surface area contributed by atoms with E-state index in [-0.39, 0.29) is 11.6 Å². The van der Waals surface area contributed by atoms with Crippen LogP contribution in [0.2, 0.25) is 0 Å². The molecular weight excluding hydrogens is 224 g/mol. The Labute approximate surface area is 88.2 Å². The number of nitrogens with one attached hydrogen (secondary N) is 1. The monoisotopic (exact) mass is 232 g/mol. The number of nitrogens with two attached hydrogens (primary N) is 1. The average molecular weight is 232 g/mol. The summed E-state index contributed by atoms with van der Waals surface area (Å²) in [6.07, 6.45) is 0.295. The molecule has 9 heteroatoms. The van der Waals surface area contributed by atoms with Crippen LogP contribution in [0.5, 0.6) is 0 Å². The molecule has 8 nitrogen and oxygen atoms in total. The Morgan fingerprint density at radius 1 is 1.80 bits per heavy atom. The SMILES string of the molecule is NC(=O)OCCNc1ncc([N+](=O)[O-])s1. The maximum absolute atomic E-state index is 10.3. The van der Waals surface area contributed by atoms with Gasteiger partial charge in [-0.3, -0.25) is 10.1 Å². The molecule has 0 radical (unpaired) electrons. The first-order valence-corrected chi connectivity index (χ1v) is 4.67. The number of hydrogen-bond donors (Lipinski definition) is 2. The number of primary amides is 1. The van der Waals surface area contributed by atoms with Crippen molar-refractivity contribution in [3.05, 3.63) is 16.3 Å². The van der Waals surface area contributed by atoms with Gasteiger partial charge in [-0.1, -0.05) is 0 Å². The van der Waals surface area contributed by atoms with Crippen molar-refractivity contribution in [3.8, 4) is 0 Å². The molecule has 1 aromatic rings. The minimum atomic E-state index is -0.859. The molecule has 0 atom stereocenters. The predicted molar refractivity (Wildman–Crippen MR) is 52.8 cm³/mol. The average Bonchev–Trinajstić information content (AvgIpc) is 2.60. The van der Waals surface area contributed by atoms with Gasteiger partial charge in [0, 0.05) is 0 Å². The Morgan fingerprint density at radius 3 is 3.07 bits per heavy atom. The van der Waals surface area contributed by atoms with E-state index in [1.54, 1.807) is 0 Å². The molecule has 0 aliphatic rings. The fraction of sp³-hybridized carbons (Fsp3) is 0.333. The Balaban J connectivity index is 2.31. The van der Waals surface area contributed by atoms with Crippen LogP contribution < -0.4 is 11.1 Å². The number of ether oxygens (including phenoxy) is 1. The second-order valence-electron chi connectivity index (χ2n) is 2.36. The van der Waals surface area contributed by atoms with Crippen molar-refractivity contribution in [2.45, 2.75) is 0 Å². The lowest BCUT2D eigenvalue weighted by molar-refractivity contribution is -0.380. The fourth-order valence-electron chi connectivity index (χ4n) is 0.741. The first-order valence-electron chi connectivity index (χ1n) is 3.86. The van der Waals surface area contributed by atoms with Crippen molar-refractivity contribution < 1.29 is 14.5 Å². The van der Waals surface area contributed by atoms with E-state index < -0.39 is 11.0 Å². The summed E-state index contributed by atoms with van der Waals surface area (Å²) in [4.78, 5) is 23.7. The van der Waals surface area contributed by atoms with Crippen molar-refractivity contribution in [2.75, 3.05) is 18.5 Å². The fourth-order valence-corrected chi connectivity index (χ4v) is 1.40. The Kier molecular flexibility index (Phi) is 3.80. The Morgan fingerprint density at radius 2 is 2.53 bits per heavy atom. The molecule has 15 heavy (non-hydrogen) atoms. The van der Waals surface area contributed by atoms with Crippen LogP contribution in [0.4, 0.5) is 14.9 Å². The van der Waals surface area contributed by atoms with Crippen molar-refractivity contribution in [1.29, 1.82) is 0 Å². The zero-order valence-electron chi connectivity index (χ0n) is 7.50. The number of rotatable bonds is 5. The number of amides is 1. The molecule has 1 heterocycles. The molecule has 0 fully saturated rings. The van der Waals surface area contributed by atoms with Gasteiger partial charge in [-0.05, 0) is 11.3 Å². The van der Waals surface area contributed by atoms with E-state index in [9.17, 15) is 14.9 Å². The number of thiazole rings is 1. The third-order valence-electron chi connectivity index (χ3n) is 1.30. The van der Waals surface area contributed by atoms with E-state index in [2.05, 4.69) is 15.0 Å². The van der Waals surface area contributed by atoms with Crippen molar-refractivity contribution >= 4 is 27.6 Å². The van der Waals surface area contributed by atoms with E-state index in [4.69, 9.17) is 5.73 Å². The van der Waals surface area contributed by atoms with Crippen LogP contribution in [0.15, 0.2) is 6.20 Å². The van der Waals surface area contributed by atoms with Crippen molar-refractivity contribution in [1.82, 2.24) is 4.98 Å². The summed E-state index contributed by atoms with van der Waals surface area (Å²) in [5, 5.41) is 13.4. The number of hydrogen-bond acceptors (Lipinski definition) is 7. The van der Waals surface area contributed by atoms with Crippen molar-refractivity contribution in [2.24, 2.45) is 5.73 Å². The zero-order valence-corrected chi connectivity index (χ0v) is 8.32. The minimum absolute atomic E-state index is 0.0479. The summed E-state index contributed by atoms with van der Waals surface area (Å²) in [5.74, 6) is 0. The van der Waals surface area contributed by atoms with E-state index in [0.29, 0.717) is 11.7 Å². The van der Waals surface area contributed by atoms with Crippen LogP contribution in [0.1, 0.15) is 0 Å². The van der Waals surface area contributed by atoms with E-state index in [0.717, 1.165) is 17.5 Å². The molecule has 0 saturated carbocycles. The normalized spacial score (nSPS) is 9.60. The van der Waals surface area contributed by atoms with Crippen LogP contribution >= 0.6 is 11.3 Å². The van der Waals surface area contributed by atoms with Gasteiger partial charge in [0.1, 0.15) is 12.8 Å². The highest BCUT2D eigenvalue weighted by Crippen LogP contribution is 2.24. The number of aromatic nitrogens is 1. The second-order valence-corrected chi connectivity index (χ2v) is 3.36. The predicted octanol–water partition coefficient (Wildman–Crippen LogP) is 0.558. The molecule has 1 rings (SSSR count). The molecule has 1 amide bonds. The molecule has 0 aliphatic heterocycles. The van der Waals surface area contributed by atoms with Gasteiger partial charge in [0.05, 0.1) is 11.5 Å². The Hall–Kier alpha value is -1.90. The van der Waals surface area contributed by atoms with Gasteiger partial charge in [-0.2, -0.15) is 0 Å². The maximum Gasteiger partial charge on any atom is 0.404 e. The Bertz CT molecular complexity index is 366. The summed E-state index contributed by atoms with van der Waals surface area (Å²) >= 11 is 0.907. The van der Waals surface area contributed by atoms with Gasteiger partial charge in [0.15, 0.2) is 5.13 Å². The van der Waals surface area contributed by atoms with Crippen molar-refractivity contribution in [3.63, 3.8) is 0 Å². The van der Waals surface area contributed by atoms with Gasteiger partial charge in [-0.15, -0.1) is 0 Å². The van der Waals surface area contributed by atoms with Gasteiger partial charge in [-0.25, -0.2) is 9.78 Å². The summed E-state index contributed by atoms with van der Waals surface area (Å²) < 4.78 is 4.44. The first-order chi connectivity index (χ1) is 7.09. The topological polar surface area (TPSA) is 120 Å². The highest BCUT2D eigenvalue weighted by molar-refractivity contribution is 7.18. The highest BCUT2D eigenvalue weighted by Gasteiger charge is 2.10. The number of carbonyl (C=O) groups excluding carboxylic acids is 1. The third-order valence-corrected chi connectivity index (χ3v) is 2.20. The molecule has 3 N–H and O–H groups in total. The van der Waals surface area contributed by atoms with E-state index in [1.807, 2.05) is 0 Å². The van der Waals surface area contributed by atoms with Crippen LogP contribution in [0, 0.1) is 10.1 Å². The lowest BCUT2D eigenvalue weighted by Crippen LogP contribution is -2.18. The van der Waals surface area contributed by atoms with Gasteiger partial charge in [0.2, 0.25) is 0 Å². The molecule has 82 valence electrons. The minimum Gasteiger partial charge on any atom is -0.448 e. The number of nitro groups is 1. The number of nitrogens with zero attached hydrogens (tertiary/aromatic N) is 2. The summed E-state index contributed by atoms with van der Waals surface area (Å²) in [7, 11) is 0. The van der Waals surface area contributed by atoms with Gasteiger partial charge < -0.3 is 15.8 Å². The van der Waals surface area contributed by atoms with E-state index >= 15 is 0 Å². The van der Waals surface area contributed by atoms with Gasteiger partial charge >= 0.3 is 11.1 Å². The molecule has 0 saturated heterocycles. The van der Waals surface area contributed by atoms with Crippen LogP contribution in [0.25, 0.3) is 0 Å². The number of anilines is 1. The lowest BCUT2D eigenvalue weighted by Gasteiger charge is -2.01. The number of carbonyl (C=O) groups is 1. The van der Waals surface area contributed by atoms with Crippen LogP contribution in [-0.2, 0) is 4.74 Å². The summed E-state index contributed by atoms with van der Waals surface area (Å²) in [6, 6.07) is 0. The summed E-state index contributed by atoms with van der Waals surface area (Å²) in [5.41, 5.74) is 4.72. The standard InChI is InChI=1S/C6H8N4O4S/c7-5(11)14-2-1-8-6-9-3-4(15-6)10(12)13/h3H,1-2H2,(H2,7,11)(H,8,9). The molecule has 1 aromatic heterocycles. The quantitative estimate of drug-likeness (QED) is 0.434. The molecule has 0 spiro atoms. The van der Waals surface area contributed by atoms with E-state index in [1.165, 1.54) is 0 Å². The molecule has 0 aliphatic carbocycles. The first kappa shape index (κ1) is 11.2. The maximum atomic E-state index is 10.3. The lowest BCUT2D eigenvalue weighted by atomic mass is 10.7. The molecular formula is C6H8N4O4S. The smallest absolute Gasteiger partial charge is 0.404 e. The highest BCUT2D eigenvalue weighted by atomic mass is 32.1. The molecule has 0 bridgehead atoms. The molecule has 0 aromatic carbocycles. The van der Waals surface area contributed by atoms with Gasteiger partial charge in [0.25, 0.3) is 0 Å². The largest absolute Gasteiger partial charge is 0.448 e. The zero-order chi connectivity index (χ0) is 11.3. The third kappa shape index (κ3) is 3.77.